The van der Waals surface area contributed by atoms with Gasteiger partial charge in [-0.2, -0.15) is 0 Å². The molecule has 0 heterocycles. The van der Waals surface area contributed by atoms with Crippen molar-refractivity contribution in [2.45, 2.75) is 187 Å². The molecule has 0 aliphatic heterocycles. The SMILES string of the molecule is CC/C=C\C/C=C\C/C=C\C/C=C\C/C=C\CCCC(=O)O[C@H](COC(=O)CCCCCCCCC/C=C\CCCCCCCCCC)COP(=O)(O)OCC[N+](C)(C)C. The fourth-order valence-corrected chi connectivity index (χ4v) is 6.79. The minimum Gasteiger partial charge on any atom is -0.462 e. The zero-order chi connectivity index (χ0) is 44.3. The third-order valence-electron chi connectivity index (χ3n) is 9.72. The fraction of sp³-hybridized carbons (Fsp3) is 0.720. The van der Waals surface area contributed by atoms with Crippen LogP contribution in [-0.2, 0) is 32.7 Å². The van der Waals surface area contributed by atoms with Crippen molar-refractivity contribution < 1.29 is 42.1 Å². The van der Waals surface area contributed by atoms with Gasteiger partial charge in [0.05, 0.1) is 27.7 Å². The van der Waals surface area contributed by atoms with E-state index in [1.54, 1.807) is 0 Å². The summed E-state index contributed by atoms with van der Waals surface area (Å²) in [6.07, 6.45) is 52.5. The molecular formula is C50H89NO8P+. The maximum atomic E-state index is 12.7. The molecule has 0 aliphatic rings. The number of carbonyl (C=O) groups excluding carboxylic acids is 2. The van der Waals surface area contributed by atoms with Crippen molar-refractivity contribution in [2.24, 2.45) is 0 Å². The number of phosphoric ester groups is 1. The molecular weight excluding hydrogens is 774 g/mol. The van der Waals surface area contributed by atoms with Crippen LogP contribution in [0, 0.1) is 0 Å². The van der Waals surface area contributed by atoms with Gasteiger partial charge in [-0.15, -0.1) is 0 Å². The topological polar surface area (TPSA) is 108 Å². The van der Waals surface area contributed by atoms with Crippen molar-refractivity contribution in [3.8, 4) is 0 Å². The molecule has 2 atom stereocenters. The maximum absolute atomic E-state index is 12.7. The molecule has 0 saturated carbocycles. The summed E-state index contributed by atoms with van der Waals surface area (Å²) in [5.74, 6) is -0.875. The van der Waals surface area contributed by atoms with Crippen LogP contribution in [0.15, 0.2) is 72.9 Å². The number of nitrogens with zero attached hydrogens (tertiary/aromatic N) is 1. The third kappa shape index (κ3) is 45.0. The average Bonchev–Trinajstić information content (AvgIpc) is 3.20. The standard InChI is InChI=1S/C50H88NO8P/c1-6-8-10-12-14-16-18-20-22-24-25-27-28-30-32-34-36-38-40-42-49(52)56-46-48(47-58-60(54,55)57-45-44-51(3,4)5)59-50(53)43-41-39-37-35-33-31-29-26-23-21-19-17-15-13-11-9-7-2/h9,11,15,17,21,23-25,29,31,35,37,48H,6-8,10,12-14,16,18-20,22,26-28,30,32-34,36,38-47H2,1-5H3/p+1/b11-9-,17-15-,23-21-,25-24-,31-29-,37-35-/t48-/m1/s1. The average molecular weight is 863 g/mol. The second kappa shape index (κ2) is 41.8. The molecule has 0 spiro atoms. The van der Waals surface area contributed by atoms with E-state index in [1.165, 1.54) is 77.0 Å². The summed E-state index contributed by atoms with van der Waals surface area (Å²) in [5, 5.41) is 0. The lowest BCUT2D eigenvalue weighted by molar-refractivity contribution is -0.870. The normalized spacial score (nSPS) is 14.2. The summed E-state index contributed by atoms with van der Waals surface area (Å²) >= 11 is 0. The predicted molar refractivity (Wildman–Crippen MR) is 252 cm³/mol. The van der Waals surface area contributed by atoms with E-state index in [-0.39, 0.29) is 32.0 Å². The van der Waals surface area contributed by atoms with Crippen molar-refractivity contribution in [3.05, 3.63) is 72.9 Å². The molecule has 10 heteroatoms. The lowest BCUT2D eigenvalue weighted by Gasteiger charge is -2.24. The van der Waals surface area contributed by atoms with Gasteiger partial charge in [0.25, 0.3) is 0 Å². The molecule has 0 fully saturated rings. The summed E-state index contributed by atoms with van der Waals surface area (Å²) in [6, 6.07) is 0. The molecule has 0 aromatic rings. The van der Waals surface area contributed by atoms with E-state index in [1.807, 2.05) is 27.2 Å². The first-order valence-corrected chi connectivity index (χ1v) is 25.2. The number of hydrogen-bond donors (Lipinski definition) is 1. The number of rotatable bonds is 42. The van der Waals surface area contributed by atoms with Gasteiger partial charge < -0.3 is 18.9 Å². The van der Waals surface area contributed by atoms with E-state index >= 15 is 0 Å². The lowest BCUT2D eigenvalue weighted by atomic mass is 10.1. The van der Waals surface area contributed by atoms with Crippen molar-refractivity contribution in [2.75, 3.05) is 47.5 Å². The molecule has 0 rings (SSSR count). The summed E-state index contributed by atoms with van der Waals surface area (Å²) in [6.45, 7) is 4.23. The number of phosphoric acid groups is 1. The molecule has 0 saturated heterocycles. The molecule has 1 unspecified atom stereocenters. The Bertz CT molecular complexity index is 1250. The quantitative estimate of drug-likeness (QED) is 0.0212. The summed E-state index contributed by atoms with van der Waals surface area (Å²) < 4.78 is 34.3. The van der Waals surface area contributed by atoms with Crippen LogP contribution in [0.2, 0.25) is 0 Å². The smallest absolute Gasteiger partial charge is 0.462 e. The molecule has 0 aliphatic carbocycles. The van der Waals surface area contributed by atoms with E-state index in [2.05, 4.69) is 80.7 Å². The first-order valence-electron chi connectivity index (χ1n) is 23.7. The van der Waals surface area contributed by atoms with E-state index < -0.39 is 26.5 Å². The Morgan fingerprint density at radius 1 is 0.533 bits per heavy atom. The van der Waals surface area contributed by atoms with Crippen LogP contribution in [0.3, 0.4) is 0 Å². The monoisotopic (exact) mass is 863 g/mol. The highest BCUT2D eigenvalue weighted by Crippen LogP contribution is 2.43. The van der Waals surface area contributed by atoms with E-state index in [0.717, 1.165) is 64.2 Å². The number of unbranched alkanes of at least 4 members (excludes halogenated alkanes) is 16. The summed E-state index contributed by atoms with van der Waals surface area (Å²) in [4.78, 5) is 35.4. The van der Waals surface area contributed by atoms with Gasteiger partial charge in [0, 0.05) is 12.8 Å². The number of carbonyl (C=O) groups is 2. The minimum absolute atomic E-state index is 0.0172. The Morgan fingerprint density at radius 3 is 1.48 bits per heavy atom. The van der Waals surface area contributed by atoms with Gasteiger partial charge in [0.2, 0.25) is 0 Å². The second-order valence-electron chi connectivity index (χ2n) is 16.8. The van der Waals surface area contributed by atoms with Gasteiger partial charge in [-0.1, -0.05) is 164 Å². The van der Waals surface area contributed by atoms with Gasteiger partial charge >= 0.3 is 19.8 Å². The molecule has 0 aromatic carbocycles. The van der Waals surface area contributed by atoms with Crippen LogP contribution in [0.5, 0.6) is 0 Å². The van der Waals surface area contributed by atoms with Gasteiger partial charge in [-0.3, -0.25) is 18.6 Å². The van der Waals surface area contributed by atoms with Crippen molar-refractivity contribution in [3.63, 3.8) is 0 Å². The Labute approximate surface area is 368 Å². The summed E-state index contributed by atoms with van der Waals surface area (Å²) in [5.41, 5.74) is 0. The predicted octanol–water partition coefficient (Wildman–Crippen LogP) is 13.8. The second-order valence-corrected chi connectivity index (χ2v) is 18.2. The van der Waals surface area contributed by atoms with Crippen molar-refractivity contribution >= 4 is 19.8 Å². The maximum Gasteiger partial charge on any atom is 0.472 e. The number of quaternary nitrogens is 1. The van der Waals surface area contributed by atoms with Crippen LogP contribution in [0.1, 0.15) is 181 Å². The van der Waals surface area contributed by atoms with Crippen LogP contribution >= 0.6 is 7.82 Å². The number of allylic oxidation sites excluding steroid dienone is 12. The largest absolute Gasteiger partial charge is 0.472 e. The highest BCUT2D eigenvalue weighted by molar-refractivity contribution is 7.47. The van der Waals surface area contributed by atoms with E-state index in [4.69, 9.17) is 18.5 Å². The molecule has 346 valence electrons. The lowest BCUT2D eigenvalue weighted by Crippen LogP contribution is -2.37. The highest BCUT2D eigenvalue weighted by atomic mass is 31.2. The van der Waals surface area contributed by atoms with Crippen molar-refractivity contribution in [1.82, 2.24) is 0 Å². The Balaban J connectivity index is 4.41. The Hall–Kier alpha value is -2.55. The number of hydrogen-bond acceptors (Lipinski definition) is 7. The number of ether oxygens (including phenoxy) is 2. The zero-order valence-corrected chi connectivity index (χ0v) is 39.8. The molecule has 0 radical (unpaired) electrons. The number of esters is 2. The van der Waals surface area contributed by atoms with Crippen LogP contribution in [0.4, 0.5) is 0 Å². The first kappa shape index (κ1) is 57.4. The van der Waals surface area contributed by atoms with Crippen molar-refractivity contribution in [1.29, 1.82) is 0 Å². The first-order chi connectivity index (χ1) is 29.0. The molecule has 9 nitrogen and oxygen atoms in total. The summed E-state index contributed by atoms with van der Waals surface area (Å²) in [7, 11) is 1.43. The number of likely N-dealkylation sites (N-methyl/N-ethyl adjacent to an activating group) is 1. The van der Waals surface area contributed by atoms with Gasteiger partial charge in [0.15, 0.2) is 6.10 Å². The van der Waals surface area contributed by atoms with E-state index in [9.17, 15) is 19.0 Å². The van der Waals surface area contributed by atoms with Crippen LogP contribution in [0.25, 0.3) is 0 Å². The molecule has 0 aromatic heterocycles. The van der Waals surface area contributed by atoms with E-state index in [0.29, 0.717) is 23.9 Å². The molecule has 1 N–H and O–H groups in total. The van der Waals surface area contributed by atoms with Gasteiger partial charge in [-0.05, 0) is 77.0 Å². The molecule has 0 amide bonds. The highest BCUT2D eigenvalue weighted by Gasteiger charge is 2.27. The molecule has 60 heavy (non-hydrogen) atoms. The molecule has 0 bridgehead atoms. The van der Waals surface area contributed by atoms with Gasteiger partial charge in [-0.25, -0.2) is 4.57 Å². The van der Waals surface area contributed by atoms with Crippen LogP contribution in [-0.4, -0.2) is 74.9 Å². The van der Waals surface area contributed by atoms with Gasteiger partial charge in [0.1, 0.15) is 19.8 Å². The third-order valence-corrected chi connectivity index (χ3v) is 10.7. The van der Waals surface area contributed by atoms with Crippen LogP contribution < -0.4 is 0 Å². The minimum atomic E-state index is -4.40. The Morgan fingerprint density at radius 2 is 0.967 bits per heavy atom. The zero-order valence-electron chi connectivity index (χ0n) is 38.9. The fourth-order valence-electron chi connectivity index (χ4n) is 6.04. The Kier molecular flexibility index (Phi) is 40.0.